The van der Waals surface area contributed by atoms with Crippen LogP contribution in [-0.4, -0.2) is 27.5 Å². The van der Waals surface area contributed by atoms with Crippen molar-refractivity contribution in [3.05, 3.63) is 59.0 Å². The number of carbonyl (C=O) groups is 1. The van der Waals surface area contributed by atoms with Gasteiger partial charge in [0.2, 0.25) is 6.79 Å². The first-order valence-electron chi connectivity index (χ1n) is 7.50. The van der Waals surface area contributed by atoms with Gasteiger partial charge in [0.15, 0.2) is 17.3 Å². The molecule has 7 nitrogen and oxygen atoms in total. The molecule has 1 amide bonds. The average molecular weight is 357 g/mol. The van der Waals surface area contributed by atoms with Crippen molar-refractivity contribution in [2.45, 2.75) is 6.92 Å². The smallest absolute Gasteiger partial charge is 0.259 e. The molecule has 0 spiro atoms. The first kappa shape index (κ1) is 15.5. The van der Waals surface area contributed by atoms with E-state index in [1.807, 2.05) is 18.2 Å². The summed E-state index contributed by atoms with van der Waals surface area (Å²) in [5.74, 6) is 1.42. The Morgan fingerprint density at radius 2 is 2.08 bits per heavy atom. The number of rotatable bonds is 3. The highest BCUT2D eigenvalue weighted by atomic mass is 35.5. The molecule has 0 aliphatic carbocycles. The lowest BCUT2D eigenvalue weighted by atomic mass is 10.2. The van der Waals surface area contributed by atoms with Crippen LogP contribution in [0.1, 0.15) is 16.1 Å². The number of ether oxygens (including phenoxy) is 2. The van der Waals surface area contributed by atoms with Crippen molar-refractivity contribution >= 4 is 23.2 Å². The van der Waals surface area contributed by atoms with Gasteiger partial charge in [0.05, 0.1) is 28.2 Å². The van der Waals surface area contributed by atoms with Crippen LogP contribution in [0.5, 0.6) is 11.5 Å². The van der Waals surface area contributed by atoms with Crippen molar-refractivity contribution in [3.8, 4) is 17.3 Å². The Balaban J connectivity index is 1.61. The van der Waals surface area contributed by atoms with Crippen molar-refractivity contribution in [3.63, 3.8) is 0 Å². The van der Waals surface area contributed by atoms with Crippen LogP contribution in [0.15, 0.2) is 42.7 Å². The molecule has 1 aromatic carbocycles. The lowest BCUT2D eigenvalue weighted by molar-refractivity contribution is 0.102. The second-order valence-electron chi connectivity index (χ2n) is 5.38. The number of nitrogens with zero attached hydrogens (tertiary/aromatic N) is 3. The van der Waals surface area contributed by atoms with Gasteiger partial charge in [-0.25, -0.2) is 9.67 Å². The van der Waals surface area contributed by atoms with E-state index in [0.29, 0.717) is 39.3 Å². The minimum atomic E-state index is -0.319. The van der Waals surface area contributed by atoms with Crippen LogP contribution in [0, 0.1) is 6.92 Å². The van der Waals surface area contributed by atoms with E-state index < -0.39 is 0 Å². The van der Waals surface area contributed by atoms with Crippen LogP contribution < -0.4 is 14.8 Å². The fraction of sp³-hybridized carbons (Fsp3) is 0.118. The summed E-state index contributed by atoms with van der Waals surface area (Å²) in [5.41, 5.74) is 1.55. The minimum Gasteiger partial charge on any atom is -0.454 e. The van der Waals surface area contributed by atoms with Gasteiger partial charge in [-0.2, -0.15) is 5.10 Å². The minimum absolute atomic E-state index is 0.138. The molecule has 3 aromatic rings. The van der Waals surface area contributed by atoms with Crippen LogP contribution in [0.25, 0.3) is 5.82 Å². The largest absolute Gasteiger partial charge is 0.454 e. The summed E-state index contributed by atoms with van der Waals surface area (Å²) in [6, 6.07) is 8.74. The Kier molecular flexibility index (Phi) is 3.77. The van der Waals surface area contributed by atoms with Gasteiger partial charge in [0.1, 0.15) is 0 Å². The summed E-state index contributed by atoms with van der Waals surface area (Å²) in [7, 11) is 0. The molecule has 0 atom stereocenters. The molecular formula is C17H13ClN4O3. The zero-order chi connectivity index (χ0) is 17.4. The number of hydrogen-bond acceptors (Lipinski definition) is 5. The Hall–Kier alpha value is -3.06. The van der Waals surface area contributed by atoms with E-state index >= 15 is 0 Å². The SMILES string of the molecule is Cc1c(C(=O)Nc2cc3c(cc2Cl)OCO3)cnn1-c1ccccn1. The molecule has 25 heavy (non-hydrogen) atoms. The van der Waals surface area contributed by atoms with Crippen LogP contribution >= 0.6 is 11.6 Å². The number of anilines is 1. The zero-order valence-corrected chi connectivity index (χ0v) is 13.9. The molecule has 4 rings (SSSR count). The highest BCUT2D eigenvalue weighted by Crippen LogP contribution is 2.39. The van der Waals surface area contributed by atoms with E-state index in [-0.39, 0.29) is 12.7 Å². The molecule has 1 N–H and O–H groups in total. The van der Waals surface area contributed by atoms with Gasteiger partial charge in [-0.15, -0.1) is 0 Å². The predicted octanol–water partition coefficient (Wildman–Crippen LogP) is 3.21. The van der Waals surface area contributed by atoms with E-state index in [1.165, 1.54) is 6.20 Å². The van der Waals surface area contributed by atoms with Gasteiger partial charge in [0.25, 0.3) is 5.91 Å². The van der Waals surface area contributed by atoms with Crippen molar-refractivity contribution in [2.75, 3.05) is 12.1 Å². The normalized spacial score (nSPS) is 12.2. The molecular weight excluding hydrogens is 344 g/mol. The number of benzene rings is 1. The molecule has 8 heteroatoms. The third-order valence-corrected chi connectivity index (χ3v) is 4.14. The topological polar surface area (TPSA) is 78.3 Å². The molecule has 1 aliphatic heterocycles. The summed E-state index contributed by atoms with van der Waals surface area (Å²) in [4.78, 5) is 16.9. The summed E-state index contributed by atoms with van der Waals surface area (Å²) in [6.07, 6.45) is 3.17. The maximum atomic E-state index is 12.6. The van der Waals surface area contributed by atoms with E-state index in [9.17, 15) is 4.79 Å². The third-order valence-electron chi connectivity index (χ3n) is 3.83. The summed E-state index contributed by atoms with van der Waals surface area (Å²) in [6.45, 7) is 1.94. The molecule has 0 fully saturated rings. The summed E-state index contributed by atoms with van der Waals surface area (Å²) < 4.78 is 12.2. The zero-order valence-electron chi connectivity index (χ0n) is 13.2. The monoisotopic (exact) mass is 356 g/mol. The average Bonchev–Trinajstić information content (AvgIpc) is 3.22. The molecule has 126 valence electrons. The molecule has 0 bridgehead atoms. The maximum Gasteiger partial charge on any atom is 0.259 e. The van der Waals surface area contributed by atoms with Crippen molar-refractivity contribution in [2.24, 2.45) is 0 Å². The van der Waals surface area contributed by atoms with E-state index in [4.69, 9.17) is 21.1 Å². The Labute approximate surface area is 148 Å². The fourth-order valence-electron chi connectivity index (χ4n) is 2.55. The third kappa shape index (κ3) is 2.78. The van der Waals surface area contributed by atoms with Gasteiger partial charge in [-0.05, 0) is 19.1 Å². The van der Waals surface area contributed by atoms with Gasteiger partial charge in [-0.1, -0.05) is 17.7 Å². The molecule has 0 unspecified atom stereocenters. The van der Waals surface area contributed by atoms with E-state index in [0.717, 1.165) is 0 Å². The quantitative estimate of drug-likeness (QED) is 0.779. The number of nitrogens with one attached hydrogen (secondary N) is 1. The first-order valence-corrected chi connectivity index (χ1v) is 7.88. The number of halogens is 1. The second kappa shape index (κ2) is 6.10. The van der Waals surface area contributed by atoms with Crippen molar-refractivity contribution in [1.29, 1.82) is 0 Å². The molecule has 0 saturated heterocycles. The summed E-state index contributed by atoms with van der Waals surface area (Å²) in [5, 5.41) is 7.39. The fourth-order valence-corrected chi connectivity index (χ4v) is 2.75. The standard InChI is InChI=1S/C17H13ClN4O3/c1-10-11(8-20-22(10)16-4-2-3-5-19-16)17(23)21-13-7-15-14(6-12(13)18)24-9-25-15/h2-8H,9H2,1H3,(H,21,23). The number of pyridine rings is 1. The molecule has 2 aromatic heterocycles. The van der Waals surface area contributed by atoms with Gasteiger partial charge in [0, 0.05) is 18.3 Å². The Bertz CT molecular complexity index is 956. The second-order valence-corrected chi connectivity index (χ2v) is 5.79. The van der Waals surface area contributed by atoms with Crippen molar-refractivity contribution < 1.29 is 14.3 Å². The lowest BCUT2D eigenvalue weighted by Gasteiger charge is -2.08. The van der Waals surface area contributed by atoms with Crippen LogP contribution in [0.3, 0.4) is 0 Å². The van der Waals surface area contributed by atoms with E-state index in [2.05, 4.69) is 15.4 Å². The Morgan fingerprint density at radius 3 is 2.84 bits per heavy atom. The number of aromatic nitrogens is 3. The number of hydrogen-bond donors (Lipinski definition) is 1. The highest BCUT2D eigenvalue weighted by molar-refractivity contribution is 6.34. The van der Waals surface area contributed by atoms with Crippen LogP contribution in [-0.2, 0) is 0 Å². The first-order chi connectivity index (χ1) is 12.1. The van der Waals surface area contributed by atoms with Crippen LogP contribution in [0.4, 0.5) is 5.69 Å². The number of carbonyl (C=O) groups excluding carboxylic acids is 1. The molecule has 1 aliphatic rings. The van der Waals surface area contributed by atoms with Gasteiger partial charge in [-0.3, -0.25) is 4.79 Å². The molecule has 0 radical (unpaired) electrons. The van der Waals surface area contributed by atoms with Gasteiger partial charge < -0.3 is 14.8 Å². The maximum absolute atomic E-state index is 12.6. The summed E-state index contributed by atoms with van der Waals surface area (Å²) >= 11 is 6.20. The van der Waals surface area contributed by atoms with E-state index in [1.54, 1.807) is 29.9 Å². The highest BCUT2D eigenvalue weighted by Gasteiger charge is 2.20. The van der Waals surface area contributed by atoms with Crippen molar-refractivity contribution in [1.82, 2.24) is 14.8 Å². The van der Waals surface area contributed by atoms with Crippen LogP contribution in [0.2, 0.25) is 5.02 Å². The van der Waals surface area contributed by atoms with Gasteiger partial charge >= 0.3 is 0 Å². The lowest BCUT2D eigenvalue weighted by Crippen LogP contribution is -2.13. The number of fused-ring (bicyclic) bond motifs is 1. The predicted molar refractivity (Wildman–Crippen MR) is 91.6 cm³/mol. The molecule has 3 heterocycles. The molecule has 0 saturated carbocycles. The number of amides is 1. The Morgan fingerprint density at radius 1 is 1.28 bits per heavy atom.